The molecule has 0 radical (unpaired) electrons. The van der Waals surface area contributed by atoms with Crippen molar-refractivity contribution in [1.82, 2.24) is 14.8 Å². The van der Waals surface area contributed by atoms with Crippen LogP contribution in [0.3, 0.4) is 0 Å². The molecule has 2 N–H and O–H groups in total. The Balaban J connectivity index is 1.82. The minimum Gasteiger partial charge on any atom is -0.496 e. The summed E-state index contributed by atoms with van der Waals surface area (Å²) in [6, 6.07) is 11.2. The molecule has 176 valence electrons. The highest BCUT2D eigenvalue weighted by atomic mass is 16.5. The van der Waals surface area contributed by atoms with Gasteiger partial charge in [-0.2, -0.15) is 0 Å². The van der Waals surface area contributed by atoms with Gasteiger partial charge in [0.1, 0.15) is 5.75 Å². The zero-order chi connectivity index (χ0) is 23.5. The average Bonchev–Trinajstić information content (AvgIpc) is 3.04. The summed E-state index contributed by atoms with van der Waals surface area (Å²) >= 11 is 0. The van der Waals surface area contributed by atoms with Crippen LogP contribution in [-0.2, 0) is 17.9 Å². The topological polar surface area (TPSA) is 83.8 Å². The first-order valence-electron chi connectivity index (χ1n) is 11.7. The van der Waals surface area contributed by atoms with Gasteiger partial charge in [-0.05, 0) is 31.5 Å². The van der Waals surface area contributed by atoms with Gasteiger partial charge in [0.25, 0.3) is 5.56 Å². The van der Waals surface area contributed by atoms with Gasteiger partial charge in [-0.3, -0.25) is 14.5 Å². The first-order chi connectivity index (χ1) is 16.0. The second-order valence-electron chi connectivity index (χ2n) is 8.79. The molecule has 4 atom stereocenters. The van der Waals surface area contributed by atoms with Crippen LogP contribution in [0.25, 0.3) is 6.08 Å². The van der Waals surface area contributed by atoms with Gasteiger partial charge < -0.3 is 19.7 Å². The number of carbonyl (C=O) groups excluding carboxylic acids is 1. The molecule has 2 aliphatic heterocycles. The lowest BCUT2D eigenvalue weighted by Crippen LogP contribution is -2.46. The number of carbonyl (C=O) groups is 1. The Bertz CT molecular complexity index is 1090. The molecule has 1 aromatic heterocycles. The molecule has 0 spiro atoms. The van der Waals surface area contributed by atoms with Crippen LogP contribution in [0.5, 0.6) is 5.75 Å². The van der Waals surface area contributed by atoms with E-state index in [9.17, 15) is 14.7 Å². The number of benzene rings is 1. The van der Waals surface area contributed by atoms with Crippen molar-refractivity contribution in [3.05, 3.63) is 69.6 Å². The third-order valence-corrected chi connectivity index (χ3v) is 6.94. The monoisotopic (exact) mass is 451 g/mol. The van der Waals surface area contributed by atoms with Crippen molar-refractivity contribution in [3.63, 3.8) is 0 Å². The Morgan fingerprint density at radius 1 is 1.27 bits per heavy atom. The molecule has 1 amide bonds. The van der Waals surface area contributed by atoms with Crippen molar-refractivity contribution in [2.24, 2.45) is 11.8 Å². The van der Waals surface area contributed by atoms with Crippen molar-refractivity contribution < 1.29 is 14.6 Å². The summed E-state index contributed by atoms with van der Waals surface area (Å²) in [6.07, 6.45) is 4.50. The average molecular weight is 452 g/mol. The smallest absolute Gasteiger partial charge is 0.258 e. The summed E-state index contributed by atoms with van der Waals surface area (Å²) in [4.78, 5) is 28.8. The number of aliphatic hydroxyl groups excluding tert-OH is 1. The van der Waals surface area contributed by atoms with Crippen molar-refractivity contribution >= 4 is 12.0 Å². The number of aromatic nitrogens is 1. The van der Waals surface area contributed by atoms with Crippen LogP contribution in [0.15, 0.2) is 47.3 Å². The molecule has 0 unspecified atom stereocenters. The Hall–Kier alpha value is -2.90. The predicted molar refractivity (Wildman–Crippen MR) is 128 cm³/mol. The van der Waals surface area contributed by atoms with E-state index >= 15 is 0 Å². The van der Waals surface area contributed by atoms with Gasteiger partial charge in [-0.25, -0.2) is 0 Å². The molecule has 2 aliphatic rings. The van der Waals surface area contributed by atoms with Crippen LogP contribution in [-0.4, -0.2) is 46.8 Å². The number of ether oxygens (including phenoxy) is 1. The first kappa shape index (κ1) is 23.3. The maximum absolute atomic E-state index is 13.3. The summed E-state index contributed by atoms with van der Waals surface area (Å²) < 4.78 is 7.38. The van der Waals surface area contributed by atoms with Crippen molar-refractivity contribution in [2.75, 3.05) is 20.3 Å². The van der Waals surface area contributed by atoms with E-state index in [-0.39, 0.29) is 36.1 Å². The number of hydrogen-bond acceptors (Lipinski definition) is 5. The van der Waals surface area contributed by atoms with Crippen molar-refractivity contribution in [3.8, 4) is 5.75 Å². The number of nitrogens with one attached hydrogen (secondary N) is 1. The lowest BCUT2D eigenvalue weighted by molar-refractivity contribution is -0.127. The van der Waals surface area contributed by atoms with E-state index in [1.807, 2.05) is 62.4 Å². The second-order valence-corrected chi connectivity index (χ2v) is 8.79. The highest BCUT2D eigenvalue weighted by Crippen LogP contribution is 2.49. The zero-order valence-corrected chi connectivity index (χ0v) is 19.5. The fourth-order valence-corrected chi connectivity index (χ4v) is 5.46. The molecular formula is C26H33N3O4. The maximum atomic E-state index is 13.3. The molecule has 1 fully saturated rings. The Morgan fingerprint density at radius 3 is 2.76 bits per heavy atom. The summed E-state index contributed by atoms with van der Waals surface area (Å²) in [5.41, 5.74) is 2.42. The molecule has 4 rings (SSSR count). The largest absolute Gasteiger partial charge is 0.496 e. The van der Waals surface area contributed by atoms with E-state index < -0.39 is 5.92 Å². The summed E-state index contributed by atoms with van der Waals surface area (Å²) in [7, 11) is 1.65. The van der Waals surface area contributed by atoms with Gasteiger partial charge >= 0.3 is 0 Å². The van der Waals surface area contributed by atoms with E-state index in [0.29, 0.717) is 25.2 Å². The quantitative estimate of drug-likeness (QED) is 0.645. The lowest BCUT2D eigenvalue weighted by Gasteiger charge is -2.38. The number of rotatable bonds is 8. The minimum absolute atomic E-state index is 0.0520. The Morgan fingerprint density at radius 2 is 2.06 bits per heavy atom. The zero-order valence-electron chi connectivity index (χ0n) is 19.5. The Kier molecular flexibility index (Phi) is 7.00. The Labute approximate surface area is 194 Å². The molecule has 2 aromatic rings. The molecule has 7 nitrogen and oxygen atoms in total. The third kappa shape index (κ3) is 4.11. The van der Waals surface area contributed by atoms with Crippen LogP contribution in [0, 0.1) is 11.8 Å². The molecular weight excluding hydrogens is 418 g/mol. The van der Waals surface area contributed by atoms with Crippen LogP contribution >= 0.6 is 0 Å². The van der Waals surface area contributed by atoms with Gasteiger partial charge in [0.05, 0.1) is 19.1 Å². The number of amides is 1. The molecule has 33 heavy (non-hydrogen) atoms. The minimum atomic E-state index is -0.443. The van der Waals surface area contributed by atoms with Gasteiger partial charge in [-0.15, -0.1) is 0 Å². The van der Waals surface area contributed by atoms with Crippen LogP contribution < -0.4 is 15.6 Å². The predicted octanol–water partition coefficient (Wildman–Crippen LogP) is 2.58. The standard InChI is InChI=1S/C26H33N3O4/c1-4-8-17-11-12-20-24-23(25(31)27-13-5-2)19(16-30)21(15-29(20)26(17)32)28(24)14-18-9-6-7-10-22(18)33-3/h4,6-12,19,21,23-24,30H,5,13-16H2,1-3H3,(H,27,31)/b8-4-/t19-,21-,23+,24+/m0/s1. The number of methoxy groups -OCH3 is 1. The second kappa shape index (κ2) is 9.93. The van der Waals surface area contributed by atoms with Crippen molar-refractivity contribution in [2.45, 2.75) is 45.4 Å². The highest BCUT2D eigenvalue weighted by molar-refractivity contribution is 5.80. The number of nitrogens with zero attached hydrogens (tertiary/aromatic N) is 2. The highest BCUT2D eigenvalue weighted by Gasteiger charge is 2.55. The van der Waals surface area contributed by atoms with E-state index in [4.69, 9.17) is 4.74 Å². The van der Waals surface area contributed by atoms with Crippen molar-refractivity contribution in [1.29, 1.82) is 0 Å². The van der Waals surface area contributed by atoms with E-state index in [1.54, 1.807) is 11.7 Å². The summed E-state index contributed by atoms with van der Waals surface area (Å²) in [6.45, 7) is 5.38. The van der Waals surface area contributed by atoms with E-state index in [0.717, 1.165) is 23.4 Å². The lowest BCUT2D eigenvalue weighted by atomic mass is 9.86. The van der Waals surface area contributed by atoms with E-state index in [2.05, 4.69) is 10.2 Å². The number of para-hydroxylation sites is 1. The molecule has 2 bridgehead atoms. The molecule has 0 saturated carbocycles. The number of aliphatic hydroxyl groups is 1. The fourth-order valence-electron chi connectivity index (χ4n) is 5.46. The molecule has 0 aliphatic carbocycles. The summed E-state index contributed by atoms with van der Waals surface area (Å²) in [5.74, 6) is 0.00990. The fraction of sp³-hybridized carbons (Fsp3) is 0.462. The number of fused-ring (bicyclic) bond motifs is 4. The number of hydrogen-bond donors (Lipinski definition) is 2. The maximum Gasteiger partial charge on any atom is 0.258 e. The summed E-state index contributed by atoms with van der Waals surface area (Å²) in [5, 5.41) is 13.4. The van der Waals surface area contributed by atoms with Crippen LogP contribution in [0.4, 0.5) is 0 Å². The van der Waals surface area contributed by atoms with Gasteiger partial charge in [0.15, 0.2) is 0 Å². The van der Waals surface area contributed by atoms with Crippen LogP contribution in [0.2, 0.25) is 0 Å². The van der Waals surface area contributed by atoms with Gasteiger partial charge in [-0.1, -0.05) is 37.3 Å². The SMILES string of the molecule is C/C=C\c1ccc2n(c1=O)C[C@H]1[C@H](CO)[C@@H](C(=O)NCCC)[C@@H]2N1Cc1ccccc1OC. The van der Waals surface area contributed by atoms with Crippen LogP contribution in [0.1, 0.15) is 43.1 Å². The van der Waals surface area contributed by atoms with Gasteiger partial charge in [0.2, 0.25) is 5.91 Å². The number of allylic oxidation sites excluding steroid dienone is 1. The molecule has 7 heteroatoms. The molecule has 1 saturated heterocycles. The van der Waals surface area contributed by atoms with Gasteiger partial charge in [0, 0.05) is 55.0 Å². The first-order valence-corrected chi connectivity index (χ1v) is 11.7. The number of pyridine rings is 1. The molecule has 1 aromatic carbocycles. The molecule has 3 heterocycles. The van der Waals surface area contributed by atoms with E-state index in [1.165, 1.54) is 0 Å². The normalized spacial score (nSPS) is 24.1. The third-order valence-electron chi connectivity index (χ3n) is 6.94.